The Labute approximate surface area is 348 Å². The van der Waals surface area contributed by atoms with Gasteiger partial charge in [-0.15, -0.1) is 11.6 Å². The molecule has 0 radical (unpaired) electrons. The van der Waals surface area contributed by atoms with E-state index in [2.05, 4.69) is 22.0 Å². The molecule has 58 heavy (non-hydrogen) atoms. The van der Waals surface area contributed by atoms with Crippen LogP contribution in [0.4, 0.5) is 4.79 Å². The van der Waals surface area contributed by atoms with Crippen molar-refractivity contribution in [2.45, 2.75) is 121 Å². The van der Waals surface area contributed by atoms with Gasteiger partial charge >= 0.3 is 6.09 Å². The molecule has 15 nitrogen and oxygen atoms in total. The topological polar surface area (TPSA) is 174 Å². The van der Waals surface area contributed by atoms with Crippen molar-refractivity contribution in [1.82, 2.24) is 25.8 Å². The van der Waals surface area contributed by atoms with Crippen molar-refractivity contribution in [3.8, 4) is 0 Å². The molecule has 0 aromatic heterocycles. The maximum atomic E-state index is 14.8. The Morgan fingerprint density at radius 1 is 0.862 bits per heavy atom. The molecule has 2 fully saturated rings. The Balaban J connectivity index is 1.42. The average molecular weight is 836 g/mol. The number of amides is 5. The van der Waals surface area contributed by atoms with E-state index in [1.807, 2.05) is 18.2 Å². The van der Waals surface area contributed by atoms with Crippen molar-refractivity contribution >= 4 is 41.3 Å². The standard InChI is InChI=1S/C42H66ClN5O10/c1-29(47(5)41(53)58-42(2,3)4)38(50)46-37(31-13-7-6-8-14-31)40(52)48-27-32(44-36(49)28-57-25-24-56-23-22-55-21-20-54-19-18-43)26-35(48)39(51)45-34-17-11-15-30-12-9-10-16-33(30)34/h9-10,12,16,29,31-32,34-35,37H,6-8,11,13-15,17-28H2,1-5H3,(H,44,49)(H,45,51)(H,46,50)/t29?,32-,34+,35-,37?/m0/s1. The number of benzene rings is 1. The molecule has 5 atom stereocenters. The Morgan fingerprint density at radius 2 is 1.50 bits per heavy atom. The molecule has 0 bridgehead atoms. The van der Waals surface area contributed by atoms with E-state index in [1.54, 1.807) is 27.7 Å². The first kappa shape index (κ1) is 47.2. The Kier molecular flexibility index (Phi) is 19.5. The normalized spacial score (nSPS) is 20.7. The summed E-state index contributed by atoms with van der Waals surface area (Å²) in [6.45, 7) is 9.32. The van der Waals surface area contributed by atoms with E-state index in [0.717, 1.165) is 56.9 Å². The van der Waals surface area contributed by atoms with Gasteiger partial charge in [0.2, 0.25) is 23.6 Å². The number of hydrogen-bond donors (Lipinski definition) is 3. The number of carbonyl (C=O) groups excluding carboxylic acids is 5. The second kappa shape index (κ2) is 23.9. The zero-order chi connectivity index (χ0) is 42.1. The summed E-state index contributed by atoms with van der Waals surface area (Å²) in [5.74, 6) is -1.29. The monoisotopic (exact) mass is 835 g/mol. The van der Waals surface area contributed by atoms with Gasteiger partial charge in [-0.1, -0.05) is 43.5 Å². The first-order chi connectivity index (χ1) is 27.8. The molecule has 16 heteroatoms. The van der Waals surface area contributed by atoms with Gasteiger partial charge in [-0.25, -0.2) is 4.79 Å². The van der Waals surface area contributed by atoms with E-state index in [9.17, 15) is 24.0 Å². The van der Waals surface area contributed by atoms with Crippen molar-refractivity contribution in [2.24, 2.45) is 5.92 Å². The van der Waals surface area contributed by atoms with Gasteiger partial charge in [0.25, 0.3) is 0 Å². The molecule has 326 valence electrons. The van der Waals surface area contributed by atoms with E-state index >= 15 is 0 Å². The number of ether oxygens (including phenoxy) is 5. The van der Waals surface area contributed by atoms with Crippen LogP contribution in [0.5, 0.6) is 0 Å². The molecule has 2 aliphatic carbocycles. The van der Waals surface area contributed by atoms with Crippen molar-refractivity contribution in [3.63, 3.8) is 0 Å². The Bertz CT molecular complexity index is 1490. The van der Waals surface area contributed by atoms with Gasteiger partial charge in [0, 0.05) is 25.5 Å². The summed E-state index contributed by atoms with van der Waals surface area (Å²) in [6.07, 6.45) is 6.47. The van der Waals surface area contributed by atoms with Crippen LogP contribution >= 0.6 is 11.6 Å². The molecule has 1 aromatic rings. The highest BCUT2D eigenvalue weighted by molar-refractivity contribution is 6.17. The molecule has 1 saturated heterocycles. The lowest BCUT2D eigenvalue weighted by Crippen LogP contribution is -2.59. The first-order valence-electron chi connectivity index (χ1n) is 20.9. The van der Waals surface area contributed by atoms with Crippen LogP contribution in [0, 0.1) is 5.92 Å². The van der Waals surface area contributed by atoms with Crippen molar-refractivity contribution in [2.75, 3.05) is 72.3 Å². The number of alkyl halides is 1. The maximum absolute atomic E-state index is 14.8. The fraction of sp³-hybridized carbons (Fsp3) is 0.738. The summed E-state index contributed by atoms with van der Waals surface area (Å²) in [4.78, 5) is 71.5. The number of nitrogens with zero attached hydrogens (tertiary/aromatic N) is 2. The number of fused-ring (bicyclic) bond motifs is 1. The van der Waals surface area contributed by atoms with Crippen LogP contribution in [0.15, 0.2) is 24.3 Å². The number of halogens is 1. The summed E-state index contributed by atoms with van der Waals surface area (Å²) in [7, 11) is 1.49. The largest absolute Gasteiger partial charge is 0.444 e. The lowest BCUT2D eigenvalue weighted by molar-refractivity contribution is -0.143. The van der Waals surface area contributed by atoms with Gasteiger partial charge in [0.05, 0.1) is 52.3 Å². The quantitative estimate of drug-likeness (QED) is 0.122. The van der Waals surface area contributed by atoms with E-state index in [1.165, 1.54) is 22.4 Å². The second-order valence-corrected chi connectivity index (χ2v) is 16.8. The van der Waals surface area contributed by atoms with Crippen molar-refractivity contribution < 1.29 is 47.7 Å². The van der Waals surface area contributed by atoms with Gasteiger partial charge in [-0.2, -0.15) is 0 Å². The number of hydrogen-bond acceptors (Lipinski definition) is 10. The van der Waals surface area contributed by atoms with Crippen LogP contribution < -0.4 is 16.0 Å². The van der Waals surface area contributed by atoms with Crippen LogP contribution in [-0.4, -0.2) is 142 Å². The molecule has 1 aliphatic heterocycles. The predicted octanol–water partition coefficient (Wildman–Crippen LogP) is 3.89. The molecule has 2 unspecified atom stereocenters. The minimum absolute atomic E-state index is 0.0798. The highest BCUT2D eigenvalue weighted by Crippen LogP contribution is 2.32. The van der Waals surface area contributed by atoms with Gasteiger partial charge in [-0.3, -0.25) is 24.1 Å². The first-order valence-corrected chi connectivity index (χ1v) is 21.4. The number of carbonyl (C=O) groups is 5. The lowest BCUT2D eigenvalue weighted by atomic mass is 9.83. The van der Waals surface area contributed by atoms with Crippen molar-refractivity contribution in [3.05, 3.63) is 35.4 Å². The van der Waals surface area contributed by atoms with Gasteiger partial charge in [-0.05, 0) is 83.3 Å². The van der Waals surface area contributed by atoms with Crippen LogP contribution in [0.2, 0.25) is 0 Å². The molecule has 5 amide bonds. The van der Waals surface area contributed by atoms with Crippen molar-refractivity contribution in [1.29, 1.82) is 0 Å². The van der Waals surface area contributed by atoms with E-state index < -0.39 is 41.8 Å². The third-order valence-corrected chi connectivity index (χ3v) is 11.0. The maximum Gasteiger partial charge on any atom is 0.410 e. The zero-order valence-corrected chi connectivity index (χ0v) is 35.8. The molecule has 3 N–H and O–H groups in total. The summed E-state index contributed by atoms with van der Waals surface area (Å²) >= 11 is 5.57. The van der Waals surface area contributed by atoms with E-state index in [-0.39, 0.29) is 62.5 Å². The van der Waals surface area contributed by atoms with Crippen LogP contribution in [0.1, 0.15) is 96.2 Å². The molecular weight excluding hydrogens is 770 g/mol. The Hall–Kier alpha value is -3.50. The molecule has 1 aromatic carbocycles. The lowest BCUT2D eigenvalue weighted by Gasteiger charge is -2.36. The third-order valence-electron chi connectivity index (χ3n) is 10.8. The molecule has 1 saturated carbocycles. The molecule has 3 aliphatic rings. The minimum atomic E-state index is -0.935. The third kappa shape index (κ3) is 15.0. The molecular formula is C42H66ClN5O10. The SMILES string of the molecule is CC(C(=O)NC(C(=O)N1C[C@@H](NC(=O)COCCOCCOCCOCCCl)C[C@H]1C(=O)N[C@@H]1CCCc2ccccc21)C1CCCCC1)N(C)C(=O)OC(C)(C)C. The Morgan fingerprint density at radius 3 is 2.16 bits per heavy atom. The number of rotatable bonds is 21. The molecule has 1 heterocycles. The van der Waals surface area contributed by atoms with E-state index in [0.29, 0.717) is 38.9 Å². The minimum Gasteiger partial charge on any atom is -0.444 e. The molecule has 4 rings (SSSR count). The van der Waals surface area contributed by atoms with Gasteiger partial charge in [0.1, 0.15) is 30.3 Å². The summed E-state index contributed by atoms with van der Waals surface area (Å²) < 4.78 is 27.2. The van der Waals surface area contributed by atoms with Crippen LogP contribution in [0.25, 0.3) is 0 Å². The number of aryl methyl sites for hydroxylation is 1. The highest BCUT2D eigenvalue weighted by atomic mass is 35.5. The summed E-state index contributed by atoms with van der Waals surface area (Å²) in [5, 5.41) is 9.18. The molecule has 0 spiro atoms. The van der Waals surface area contributed by atoms with Gasteiger partial charge < -0.3 is 44.5 Å². The van der Waals surface area contributed by atoms with Crippen LogP contribution in [-0.2, 0) is 49.3 Å². The number of nitrogens with one attached hydrogen (secondary N) is 3. The fourth-order valence-corrected chi connectivity index (χ4v) is 7.83. The smallest absolute Gasteiger partial charge is 0.410 e. The zero-order valence-electron chi connectivity index (χ0n) is 35.1. The van der Waals surface area contributed by atoms with Crippen LogP contribution in [0.3, 0.4) is 0 Å². The highest BCUT2D eigenvalue weighted by Gasteiger charge is 2.45. The predicted molar refractivity (Wildman–Crippen MR) is 218 cm³/mol. The second-order valence-electron chi connectivity index (χ2n) is 16.4. The van der Waals surface area contributed by atoms with E-state index in [4.69, 9.17) is 35.3 Å². The van der Waals surface area contributed by atoms with Gasteiger partial charge in [0.15, 0.2) is 0 Å². The fourth-order valence-electron chi connectivity index (χ4n) is 7.72. The summed E-state index contributed by atoms with van der Waals surface area (Å²) in [6, 6.07) is 4.57. The number of likely N-dealkylation sites (N-methyl/N-ethyl adjacent to an activating group) is 1. The number of likely N-dealkylation sites (tertiary alicyclic amines) is 1. The summed E-state index contributed by atoms with van der Waals surface area (Å²) in [5.41, 5.74) is 1.51. The average Bonchev–Trinajstić information content (AvgIpc) is 3.63.